The van der Waals surface area contributed by atoms with Crippen molar-refractivity contribution < 1.29 is 22.3 Å². The maximum absolute atomic E-state index is 14.2. The summed E-state index contributed by atoms with van der Waals surface area (Å²) in [7, 11) is -3.98. The number of nitrogens with two attached hydrogens (primary N) is 1. The Bertz CT molecular complexity index is 1160. The van der Waals surface area contributed by atoms with E-state index in [2.05, 4.69) is 20.6 Å². The minimum absolute atomic E-state index is 0.00117. The van der Waals surface area contributed by atoms with Gasteiger partial charge in [-0.2, -0.15) is 0 Å². The minimum Gasteiger partial charge on any atom is -0.446 e. The normalized spacial score (nSPS) is 27.3. The second-order valence-electron chi connectivity index (χ2n) is 9.20. The first-order valence-electron chi connectivity index (χ1n) is 10.5. The van der Waals surface area contributed by atoms with Gasteiger partial charge in [0.25, 0.3) is 0 Å². The zero-order valence-corrected chi connectivity index (χ0v) is 18.2. The summed E-state index contributed by atoms with van der Waals surface area (Å²) in [5, 5.41) is 10.7. The predicted molar refractivity (Wildman–Crippen MR) is 113 cm³/mol. The highest BCUT2D eigenvalue weighted by molar-refractivity contribution is 7.89. The van der Waals surface area contributed by atoms with Crippen LogP contribution in [-0.4, -0.2) is 36.1 Å². The Morgan fingerprint density at radius 1 is 1.22 bits per heavy atom. The Morgan fingerprint density at radius 3 is 2.44 bits per heavy atom. The van der Waals surface area contributed by atoms with Gasteiger partial charge in [0, 0.05) is 29.8 Å². The second kappa shape index (κ2) is 7.38. The molecule has 1 heterocycles. The van der Waals surface area contributed by atoms with Crippen LogP contribution in [0.25, 0.3) is 0 Å². The molecule has 2 aromatic rings. The standard InChI is InChI=1S/C21H24FN5O4S/c1-21(4-5-21)27-20(28)31-18-14-6-11(7-15(14)18)12-9-24-19(25-10-12)26-17-3-2-13(8-16(17)22)32(23,29)30/h2-3,8-11,14-15,18H,4-7H2,1H3,(H,27,28)(H2,23,29,30)(H,24,25,26). The lowest BCUT2D eigenvalue weighted by Crippen LogP contribution is -2.35. The van der Waals surface area contributed by atoms with E-state index in [-0.39, 0.29) is 34.3 Å². The quantitative estimate of drug-likeness (QED) is 0.602. The summed E-state index contributed by atoms with van der Waals surface area (Å²) in [6.07, 6.45) is 6.93. The number of ether oxygens (including phenoxy) is 1. The average molecular weight is 462 g/mol. The summed E-state index contributed by atoms with van der Waals surface area (Å²) < 4.78 is 42.4. The molecule has 1 amide bonds. The maximum Gasteiger partial charge on any atom is 0.407 e. The average Bonchev–Trinajstić information content (AvgIpc) is 3.54. The fourth-order valence-electron chi connectivity index (χ4n) is 4.45. The lowest BCUT2D eigenvalue weighted by atomic mass is 9.96. The lowest BCUT2D eigenvalue weighted by molar-refractivity contribution is 0.119. The Morgan fingerprint density at radius 2 is 1.88 bits per heavy atom. The van der Waals surface area contributed by atoms with E-state index in [0.29, 0.717) is 17.8 Å². The highest BCUT2D eigenvalue weighted by atomic mass is 32.2. The van der Waals surface area contributed by atoms with Crippen molar-refractivity contribution in [1.82, 2.24) is 15.3 Å². The number of rotatable bonds is 6. The van der Waals surface area contributed by atoms with E-state index in [1.54, 1.807) is 12.4 Å². The smallest absolute Gasteiger partial charge is 0.407 e. The van der Waals surface area contributed by atoms with Crippen molar-refractivity contribution in [2.45, 2.75) is 55.1 Å². The molecule has 11 heteroatoms. The third kappa shape index (κ3) is 4.26. The van der Waals surface area contributed by atoms with E-state index in [1.165, 1.54) is 12.1 Å². The Hall–Kier alpha value is -2.79. The molecule has 1 aromatic heterocycles. The number of amides is 1. The number of halogens is 1. The van der Waals surface area contributed by atoms with Gasteiger partial charge >= 0.3 is 6.09 Å². The van der Waals surface area contributed by atoms with Crippen LogP contribution in [-0.2, 0) is 14.8 Å². The van der Waals surface area contributed by atoms with Crippen LogP contribution in [0.1, 0.15) is 44.1 Å². The molecular formula is C21H24FN5O4S. The molecular weight excluding hydrogens is 437 g/mol. The van der Waals surface area contributed by atoms with Gasteiger partial charge in [-0.05, 0) is 62.3 Å². The van der Waals surface area contributed by atoms with E-state index in [4.69, 9.17) is 9.88 Å². The highest BCUT2D eigenvalue weighted by Crippen LogP contribution is 2.59. The maximum atomic E-state index is 14.2. The van der Waals surface area contributed by atoms with Crippen LogP contribution < -0.4 is 15.8 Å². The van der Waals surface area contributed by atoms with Crippen LogP contribution in [0.2, 0.25) is 0 Å². The molecule has 5 rings (SSSR count). The number of fused-ring (bicyclic) bond motifs is 1. The number of alkyl carbamates (subject to hydrolysis) is 1. The van der Waals surface area contributed by atoms with E-state index in [9.17, 15) is 17.6 Å². The fraction of sp³-hybridized carbons (Fsp3) is 0.476. The van der Waals surface area contributed by atoms with E-state index in [0.717, 1.165) is 37.3 Å². The number of nitrogens with zero attached hydrogens (tertiary/aromatic N) is 2. The molecule has 9 nitrogen and oxygen atoms in total. The number of sulfonamides is 1. The topological polar surface area (TPSA) is 136 Å². The van der Waals surface area contributed by atoms with Crippen LogP contribution in [0, 0.1) is 17.7 Å². The van der Waals surface area contributed by atoms with Crippen molar-refractivity contribution in [2.24, 2.45) is 17.0 Å². The highest BCUT2D eigenvalue weighted by Gasteiger charge is 2.59. The van der Waals surface area contributed by atoms with Gasteiger partial charge in [0.05, 0.1) is 10.6 Å². The molecule has 0 aliphatic heterocycles. The number of anilines is 2. The molecule has 0 bridgehead atoms. The zero-order valence-electron chi connectivity index (χ0n) is 17.4. The predicted octanol–water partition coefficient (Wildman–Crippen LogP) is 2.78. The molecule has 0 radical (unpaired) electrons. The van der Waals surface area contributed by atoms with Crippen LogP contribution in [0.5, 0.6) is 0 Å². The van der Waals surface area contributed by atoms with Gasteiger partial charge in [0.2, 0.25) is 16.0 Å². The van der Waals surface area contributed by atoms with Crippen molar-refractivity contribution >= 4 is 27.8 Å². The van der Waals surface area contributed by atoms with Crippen molar-refractivity contribution in [1.29, 1.82) is 0 Å². The molecule has 2 atom stereocenters. The number of aromatic nitrogens is 2. The number of hydrogen-bond donors (Lipinski definition) is 3. The molecule has 3 aliphatic carbocycles. The fourth-order valence-corrected chi connectivity index (χ4v) is 4.97. The summed E-state index contributed by atoms with van der Waals surface area (Å²) in [4.78, 5) is 20.2. The van der Waals surface area contributed by atoms with E-state index < -0.39 is 15.8 Å². The lowest BCUT2D eigenvalue weighted by Gasteiger charge is -2.16. The molecule has 3 fully saturated rings. The molecule has 0 spiro atoms. The summed E-state index contributed by atoms with van der Waals surface area (Å²) >= 11 is 0. The summed E-state index contributed by atoms with van der Waals surface area (Å²) in [5.41, 5.74) is 0.955. The zero-order chi connectivity index (χ0) is 22.7. The Balaban J connectivity index is 1.15. The summed E-state index contributed by atoms with van der Waals surface area (Å²) in [6, 6.07) is 3.33. The Labute approximate surface area is 185 Å². The van der Waals surface area contributed by atoms with Gasteiger partial charge in [-0.15, -0.1) is 0 Å². The van der Waals surface area contributed by atoms with Crippen molar-refractivity contribution in [3.8, 4) is 0 Å². The first kappa shape index (κ1) is 21.1. The first-order chi connectivity index (χ1) is 15.1. The van der Waals surface area contributed by atoms with Crippen LogP contribution in [0.15, 0.2) is 35.5 Å². The SMILES string of the molecule is CC1(NC(=O)OC2C3CC(c4cnc(Nc5ccc(S(N)(=O)=O)cc5F)nc4)CC32)CC1. The molecule has 32 heavy (non-hydrogen) atoms. The van der Waals surface area contributed by atoms with Gasteiger partial charge < -0.3 is 15.4 Å². The van der Waals surface area contributed by atoms with Gasteiger partial charge in [-0.3, -0.25) is 0 Å². The summed E-state index contributed by atoms with van der Waals surface area (Å²) in [6.45, 7) is 2.02. The third-order valence-electron chi connectivity index (χ3n) is 6.67. The molecule has 170 valence electrons. The van der Waals surface area contributed by atoms with Crippen LogP contribution >= 0.6 is 0 Å². The monoisotopic (exact) mass is 461 g/mol. The number of carbonyl (C=O) groups is 1. The van der Waals surface area contributed by atoms with Crippen LogP contribution in [0.3, 0.4) is 0 Å². The Kier molecular flexibility index (Phi) is 4.86. The van der Waals surface area contributed by atoms with Crippen molar-refractivity contribution in [3.05, 3.63) is 42.0 Å². The first-order valence-corrected chi connectivity index (χ1v) is 12.1. The molecule has 2 unspecified atom stereocenters. The number of nitrogens with one attached hydrogen (secondary N) is 2. The van der Waals surface area contributed by atoms with Gasteiger partial charge in [0.15, 0.2) is 0 Å². The van der Waals surface area contributed by atoms with Gasteiger partial charge in [0.1, 0.15) is 11.9 Å². The van der Waals surface area contributed by atoms with Crippen molar-refractivity contribution in [2.75, 3.05) is 5.32 Å². The molecule has 0 saturated heterocycles. The number of benzene rings is 1. The van der Waals surface area contributed by atoms with Crippen LogP contribution in [0.4, 0.5) is 20.8 Å². The minimum atomic E-state index is -3.98. The van der Waals surface area contributed by atoms with Gasteiger partial charge in [-0.1, -0.05) is 0 Å². The second-order valence-corrected chi connectivity index (χ2v) is 10.8. The molecule has 3 aliphatic rings. The number of hydrogen-bond acceptors (Lipinski definition) is 7. The van der Waals surface area contributed by atoms with Gasteiger partial charge in [-0.25, -0.2) is 32.7 Å². The largest absolute Gasteiger partial charge is 0.446 e. The molecule has 1 aromatic carbocycles. The van der Waals surface area contributed by atoms with E-state index >= 15 is 0 Å². The van der Waals surface area contributed by atoms with E-state index in [1.807, 2.05) is 6.92 Å². The summed E-state index contributed by atoms with van der Waals surface area (Å²) in [5.74, 6) is 0.481. The number of carbonyl (C=O) groups excluding carboxylic acids is 1. The molecule has 4 N–H and O–H groups in total. The third-order valence-corrected chi connectivity index (χ3v) is 7.58. The number of primary sulfonamides is 1. The van der Waals surface area contributed by atoms with Crippen molar-refractivity contribution in [3.63, 3.8) is 0 Å². The molecule has 3 saturated carbocycles.